The summed E-state index contributed by atoms with van der Waals surface area (Å²) in [5.41, 5.74) is 1.27. The molecule has 18 heavy (non-hydrogen) atoms. The van der Waals surface area contributed by atoms with Crippen LogP contribution >= 0.6 is 0 Å². The number of ether oxygens (including phenoxy) is 1. The Morgan fingerprint density at radius 1 is 1.33 bits per heavy atom. The molecular weight excluding hydrogens is 230 g/mol. The summed E-state index contributed by atoms with van der Waals surface area (Å²) in [6.07, 6.45) is 0. The number of nitrogens with one attached hydrogen (secondary N) is 1. The number of anilines is 2. The number of para-hydroxylation sites is 1. The highest BCUT2D eigenvalue weighted by Crippen LogP contribution is 2.23. The summed E-state index contributed by atoms with van der Waals surface area (Å²) < 4.78 is 6.66. The van der Waals surface area contributed by atoms with Crippen LogP contribution in [0.25, 0.3) is 0 Å². The number of aromatic nitrogens is 2. The standard InChI is InChI=1S/C13H15N3O2/c1-3-18-13-11(9-12(17)16(2)15-13)14-10-7-5-4-6-8-10/h4-9,14H,3H2,1-2H3. The van der Waals surface area contributed by atoms with Gasteiger partial charge >= 0.3 is 0 Å². The molecule has 0 aliphatic carbocycles. The quantitative estimate of drug-likeness (QED) is 0.894. The Morgan fingerprint density at radius 2 is 2.06 bits per heavy atom. The maximum absolute atomic E-state index is 11.6. The summed E-state index contributed by atoms with van der Waals surface area (Å²) >= 11 is 0. The molecule has 5 heteroatoms. The van der Waals surface area contributed by atoms with Gasteiger partial charge in [-0.05, 0) is 19.1 Å². The van der Waals surface area contributed by atoms with Gasteiger partial charge in [-0.1, -0.05) is 18.2 Å². The maximum Gasteiger partial charge on any atom is 0.268 e. The molecule has 0 saturated heterocycles. The van der Waals surface area contributed by atoms with Gasteiger partial charge in [0.25, 0.3) is 11.4 Å². The highest BCUT2D eigenvalue weighted by atomic mass is 16.5. The lowest BCUT2D eigenvalue weighted by molar-refractivity contribution is 0.318. The first-order valence-electron chi connectivity index (χ1n) is 5.74. The van der Waals surface area contributed by atoms with E-state index in [2.05, 4.69) is 10.4 Å². The molecule has 1 heterocycles. The predicted molar refractivity (Wildman–Crippen MR) is 70.4 cm³/mol. The molecular formula is C13H15N3O2. The number of rotatable bonds is 4. The summed E-state index contributed by atoms with van der Waals surface area (Å²) in [5.74, 6) is 0.420. The molecule has 5 nitrogen and oxygen atoms in total. The fourth-order valence-electron chi connectivity index (χ4n) is 1.53. The van der Waals surface area contributed by atoms with Crippen LogP contribution in [0.3, 0.4) is 0 Å². The van der Waals surface area contributed by atoms with Crippen molar-refractivity contribution in [1.82, 2.24) is 9.78 Å². The Kier molecular flexibility index (Phi) is 3.62. The van der Waals surface area contributed by atoms with Gasteiger partial charge in [0.1, 0.15) is 5.69 Å². The zero-order valence-electron chi connectivity index (χ0n) is 10.4. The van der Waals surface area contributed by atoms with Gasteiger partial charge in [-0.25, -0.2) is 4.68 Å². The zero-order chi connectivity index (χ0) is 13.0. The van der Waals surface area contributed by atoms with E-state index < -0.39 is 0 Å². The lowest BCUT2D eigenvalue weighted by Crippen LogP contribution is -2.20. The van der Waals surface area contributed by atoms with Crippen LogP contribution in [-0.4, -0.2) is 16.4 Å². The summed E-state index contributed by atoms with van der Waals surface area (Å²) in [5, 5.41) is 7.20. The van der Waals surface area contributed by atoms with Gasteiger partial charge in [0, 0.05) is 18.8 Å². The lowest BCUT2D eigenvalue weighted by Gasteiger charge is -2.11. The lowest BCUT2D eigenvalue weighted by atomic mass is 10.3. The number of hydrogen-bond acceptors (Lipinski definition) is 4. The summed E-state index contributed by atoms with van der Waals surface area (Å²) in [7, 11) is 1.59. The van der Waals surface area contributed by atoms with E-state index in [0.717, 1.165) is 5.69 Å². The van der Waals surface area contributed by atoms with Crippen molar-refractivity contribution >= 4 is 11.4 Å². The van der Waals surface area contributed by atoms with Crippen molar-refractivity contribution in [2.24, 2.45) is 7.05 Å². The van der Waals surface area contributed by atoms with E-state index in [1.165, 1.54) is 10.7 Å². The van der Waals surface area contributed by atoms with E-state index >= 15 is 0 Å². The van der Waals surface area contributed by atoms with Crippen LogP contribution in [0, 0.1) is 0 Å². The SMILES string of the molecule is CCOc1nn(C)c(=O)cc1Nc1ccccc1. The largest absolute Gasteiger partial charge is 0.475 e. The van der Waals surface area contributed by atoms with Crippen LogP contribution in [0.4, 0.5) is 11.4 Å². The molecule has 0 aliphatic rings. The highest BCUT2D eigenvalue weighted by Gasteiger charge is 2.08. The van der Waals surface area contributed by atoms with Crippen molar-refractivity contribution in [2.75, 3.05) is 11.9 Å². The van der Waals surface area contributed by atoms with Crippen molar-refractivity contribution < 1.29 is 4.74 Å². The highest BCUT2D eigenvalue weighted by molar-refractivity contribution is 5.63. The summed E-state index contributed by atoms with van der Waals surface area (Å²) in [4.78, 5) is 11.6. The fraction of sp³-hybridized carbons (Fsp3) is 0.231. The number of hydrogen-bond donors (Lipinski definition) is 1. The van der Waals surface area contributed by atoms with Gasteiger partial charge in [0.05, 0.1) is 6.61 Å². The molecule has 94 valence electrons. The zero-order valence-corrected chi connectivity index (χ0v) is 10.4. The molecule has 1 aromatic carbocycles. The van der Waals surface area contributed by atoms with E-state index in [4.69, 9.17) is 4.74 Å². The first-order valence-corrected chi connectivity index (χ1v) is 5.74. The Labute approximate surface area is 105 Å². The fourth-order valence-corrected chi connectivity index (χ4v) is 1.53. The molecule has 0 amide bonds. The minimum absolute atomic E-state index is 0.183. The van der Waals surface area contributed by atoms with E-state index in [-0.39, 0.29) is 5.56 Å². The second kappa shape index (κ2) is 5.35. The predicted octanol–water partition coefficient (Wildman–Crippen LogP) is 1.92. The van der Waals surface area contributed by atoms with Crippen LogP contribution in [0.5, 0.6) is 5.88 Å². The van der Waals surface area contributed by atoms with E-state index in [1.807, 2.05) is 37.3 Å². The normalized spacial score (nSPS) is 10.1. The molecule has 0 fully saturated rings. The number of nitrogens with zero attached hydrogens (tertiary/aromatic N) is 2. The second-order valence-corrected chi connectivity index (χ2v) is 3.75. The van der Waals surface area contributed by atoms with Gasteiger partial charge in [0.2, 0.25) is 0 Å². The molecule has 2 rings (SSSR count). The summed E-state index contributed by atoms with van der Waals surface area (Å²) in [6.45, 7) is 2.37. The molecule has 1 N–H and O–H groups in total. The third-order valence-electron chi connectivity index (χ3n) is 2.39. The molecule has 0 spiro atoms. The van der Waals surface area contributed by atoms with Crippen LogP contribution in [-0.2, 0) is 7.05 Å². The van der Waals surface area contributed by atoms with Gasteiger partial charge in [-0.3, -0.25) is 4.79 Å². The van der Waals surface area contributed by atoms with Crippen LogP contribution in [0.15, 0.2) is 41.2 Å². The topological polar surface area (TPSA) is 56.2 Å². The van der Waals surface area contributed by atoms with Gasteiger partial charge < -0.3 is 10.1 Å². The number of aryl methyl sites for hydroxylation is 1. The Balaban J connectivity index is 2.37. The third-order valence-corrected chi connectivity index (χ3v) is 2.39. The molecule has 1 aromatic heterocycles. The van der Waals surface area contributed by atoms with Crippen LogP contribution in [0.1, 0.15) is 6.92 Å². The summed E-state index contributed by atoms with van der Waals surface area (Å²) in [6, 6.07) is 11.1. The molecule has 0 unspecified atom stereocenters. The minimum Gasteiger partial charge on any atom is -0.475 e. The Bertz CT molecular complexity index is 579. The van der Waals surface area contributed by atoms with Gasteiger partial charge in [-0.2, -0.15) is 0 Å². The van der Waals surface area contributed by atoms with E-state index in [0.29, 0.717) is 18.2 Å². The molecule has 0 atom stereocenters. The molecule has 2 aromatic rings. The molecule has 0 radical (unpaired) electrons. The first-order chi connectivity index (χ1) is 8.70. The van der Waals surface area contributed by atoms with Gasteiger partial charge in [-0.15, -0.1) is 5.10 Å². The van der Waals surface area contributed by atoms with Crippen molar-refractivity contribution in [3.8, 4) is 5.88 Å². The average molecular weight is 245 g/mol. The van der Waals surface area contributed by atoms with Crippen molar-refractivity contribution in [3.05, 3.63) is 46.8 Å². The molecule has 0 aliphatic heterocycles. The van der Waals surface area contributed by atoms with Crippen LogP contribution in [0.2, 0.25) is 0 Å². The monoisotopic (exact) mass is 245 g/mol. The van der Waals surface area contributed by atoms with E-state index in [1.54, 1.807) is 7.05 Å². The van der Waals surface area contributed by atoms with Crippen molar-refractivity contribution in [2.45, 2.75) is 6.92 Å². The van der Waals surface area contributed by atoms with E-state index in [9.17, 15) is 4.79 Å². The second-order valence-electron chi connectivity index (χ2n) is 3.75. The minimum atomic E-state index is -0.183. The third kappa shape index (κ3) is 2.68. The average Bonchev–Trinajstić information content (AvgIpc) is 2.37. The van der Waals surface area contributed by atoms with Crippen molar-refractivity contribution in [1.29, 1.82) is 0 Å². The molecule has 0 saturated carbocycles. The van der Waals surface area contributed by atoms with Crippen LogP contribution < -0.4 is 15.6 Å². The smallest absolute Gasteiger partial charge is 0.268 e. The first kappa shape index (κ1) is 12.2. The van der Waals surface area contributed by atoms with Crippen molar-refractivity contribution in [3.63, 3.8) is 0 Å². The maximum atomic E-state index is 11.6. The Hall–Kier alpha value is -2.30. The Morgan fingerprint density at radius 3 is 2.72 bits per heavy atom. The van der Waals surface area contributed by atoms with Gasteiger partial charge in [0.15, 0.2) is 0 Å². The molecule has 0 bridgehead atoms. The number of benzene rings is 1.